The van der Waals surface area contributed by atoms with Gasteiger partial charge in [-0.15, -0.1) is 12.4 Å². The molecule has 1 heterocycles. The highest BCUT2D eigenvalue weighted by molar-refractivity contribution is 5.91. The summed E-state index contributed by atoms with van der Waals surface area (Å²) >= 11 is 0. The van der Waals surface area contributed by atoms with Gasteiger partial charge in [0.1, 0.15) is 18.2 Å². The minimum atomic E-state index is -4.48. The van der Waals surface area contributed by atoms with E-state index in [4.69, 9.17) is 4.74 Å². The SMILES string of the molecule is CN[C@H]1C/C=C\CCN([C@@H](Cc2ccc(C(F)(F)F)cc2)C(=O)N(C)CC(=O)OC(C)(C)C)C1=O.Cl. The molecule has 2 amide bonds. The summed E-state index contributed by atoms with van der Waals surface area (Å²) in [6, 6.07) is 2.97. The molecule has 11 heteroatoms. The summed E-state index contributed by atoms with van der Waals surface area (Å²) in [6.45, 7) is 5.07. The summed E-state index contributed by atoms with van der Waals surface area (Å²) in [4.78, 5) is 41.8. The number of nitrogens with zero attached hydrogens (tertiary/aromatic N) is 2. The first-order valence-electron chi connectivity index (χ1n) is 11.5. The van der Waals surface area contributed by atoms with Gasteiger partial charge in [0.25, 0.3) is 0 Å². The van der Waals surface area contributed by atoms with Gasteiger partial charge in [0, 0.05) is 20.0 Å². The topological polar surface area (TPSA) is 79.0 Å². The molecule has 0 fully saturated rings. The summed E-state index contributed by atoms with van der Waals surface area (Å²) in [6.07, 6.45) is 0.315. The maximum Gasteiger partial charge on any atom is 0.416 e. The second kappa shape index (κ2) is 13.1. The Balaban J connectivity index is 0.00000648. The number of alkyl halides is 3. The molecule has 0 saturated carbocycles. The number of esters is 1. The van der Waals surface area contributed by atoms with E-state index in [1.807, 2.05) is 12.2 Å². The molecule has 1 N–H and O–H groups in total. The van der Waals surface area contributed by atoms with Gasteiger partial charge in [0.15, 0.2) is 0 Å². The van der Waals surface area contributed by atoms with Crippen LogP contribution in [-0.2, 0) is 31.7 Å². The lowest BCUT2D eigenvalue weighted by atomic mass is 9.99. The van der Waals surface area contributed by atoms with Crippen molar-refractivity contribution in [3.05, 3.63) is 47.5 Å². The molecule has 0 saturated heterocycles. The number of hydrogen-bond acceptors (Lipinski definition) is 5. The molecule has 0 bridgehead atoms. The fraction of sp³-hybridized carbons (Fsp3) is 0.560. The van der Waals surface area contributed by atoms with Crippen LogP contribution in [0.15, 0.2) is 36.4 Å². The second-order valence-electron chi connectivity index (χ2n) is 9.56. The Morgan fingerprint density at radius 3 is 2.31 bits per heavy atom. The molecule has 36 heavy (non-hydrogen) atoms. The molecular weight excluding hydrogens is 499 g/mol. The lowest BCUT2D eigenvalue weighted by Crippen LogP contribution is -2.56. The lowest BCUT2D eigenvalue weighted by molar-refractivity contribution is -0.159. The van der Waals surface area contributed by atoms with Gasteiger partial charge in [-0.05, 0) is 58.4 Å². The second-order valence-corrected chi connectivity index (χ2v) is 9.56. The first-order valence-corrected chi connectivity index (χ1v) is 11.5. The van der Waals surface area contributed by atoms with Crippen molar-refractivity contribution in [1.29, 1.82) is 0 Å². The van der Waals surface area contributed by atoms with E-state index < -0.39 is 41.3 Å². The predicted molar refractivity (Wildman–Crippen MR) is 133 cm³/mol. The van der Waals surface area contributed by atoms with Crippen molar-refractivity contribution in [3.8, 4) is 0 Å². The van der Waals surface area contributed by atoms with E-state index in [2.05, 4.69) is 5.32 Å². The van der Waals surface area contributed by atoms with Crippen LogP contribution in [-0.4, -0.2) is 72.5 Å². The van der Waals surface area contributed by atoms with Crippen LogP contribution in [0.2, 0.25) is 0 Å². The van der Waals surface area contributed by atoms with Crippen molar-refractivity contribution in [2.75, 3.05) is 27.2 Å². The normalized spacial score (nSPS) is 18.4. The molecular formula is C25H35ClF3N3O4. The highest BCUT2D eigenvalue weighted by Crippen LogP contribution is 2.29. The Kier molecular flexibility index (Phi) is 11.4. The predicted octanol–water partition coefficient (Wildman–Crippen LogP) is 3.61. The molecule has 0 aliphatic carbocycles. The number of amides is 2. The molecule has 1 aliphatic rings. The molecule has 202 valence electrons. The maximum absolute atomic E-state index is 13.5. The summed E-state index contributed by atoms with van der Waals surface area (Å²) in [5.41, 5.74) is -1.06. The molecule has 1 aromatic carbocycles. The van der Waals surface area contributed by atoms with E-state index >= 15 is 0 Å². The summed E-state index contributed by atoms with van der Waals surface area (Å²) in [7, 11) is 3.09. The van der Waals surface area contributed by atoms with Crippen LogP contribution >= 0.6 is 12.4 Å². The monoisotopic (exact) mass is 533 g/mol. The zero-order valence-electron chi connectivity index (χ0n) is 21.2. The third-order valence-corrected chi connectivity index (χ3v) is 5.54. The quantitative estimate of drug-likeness (QED) is 0.428. The van der Waals surface area contributed by atoms with Crippen molar-refractivity contribution in [2.24, 2.45) is 0 Å². The summed E-state index contributed by atoms with van der Waals surface area (Å²) in [5, 5.41) is 2.95. The standard InChI is InChI=1S/C25H34F3N3O4.ClH/c1-24(2,3)35-21(32)16-30(5)23(34)20(15-17-10-12-18(13-11-17)25(26,27)28)31-14-8-6-7-9-19(29-4)22(31)33;/h6-7,10-13,19-20,29H,8-9,14-16H2,1-5H3;1H/b7-6-;/t19-,20-;/m0./s1. The first-order chi connectivity index (χ1) is 16.2. The third kappa shape index (κ3) is 9.13. The van der Waals surface area contributed by atoms with Crippen LogP contribution in [0.25, 0.3) is 0 Å². The molecule has 1 aromatic rings. The van der Waals surface area contributed by atoms with Gasteiger partial charge in [0.05, 0.1) is 11.6 Å². The zero-order valence-corrected chi connectivity index (χ0v) is 22.0. The van der Waals surface area contributed by atoms with E-state index in [9.17, 15) is 27.6 Å². The number of carbonyl (C=O) groups excluding carboxylic acids is 3. The van der Waals surface area contributed by atoms with E-state index in [0.717, 1.165) is 12.1 Å². The average Bonchev–Trinajstić information content (AvgIpc) is 2.73. The van der Waals surface area contributed by atoms with Crippen molar-refractivity contribution in [1.82, 2.24) is 15.1 Å². The largest absolute Gasteiger partial charge is 0.459 e. The minimum Gasteiger partial charge on any atom is -0.459 e. The lowest BCUT2D eigenvalue weighted by Gasteiger charge is -2.36. The van der Waals surface area contributed by atoms with Gasteiger partial charge in [0.2, 0.25) is 11.8 Å². The van der Waals surface area contributed by atoms with Gasteiger partial charge >= 0.3 is 12.1 Å². The van der Waals surface area contributed by atoms with Crippen molar-refractivity contribution in [2.45, 2.75) is 63.9 Å². The van der Waals surface area contributed by atoms with Gasteiger partial charge in [-0.3, -0.25) is 14.4 Å². The van der Waals surface area contributed by atoms with E-state index in [1.165, 1.54) is 29.0 Å². The molecule has 0 unspecified atom stereocenters. The van der Waals surface area contributed by atoms with Crippen LogP contribution in [0, 0.1) is 0 Å². The van der Waals surface area contributed by atoms with Crippen LogP contribution in [0.3, 0.4) is 0 Å². The van der Waals surface area contributed by atoms with Crippen LogP contribution in [0.1, 0.15) is 44.7 Å². The number of halogens is 4. The Hall–Kier alpha value is -2.59. The Morgan fingerprint density at radius 1 is 1.17 bits per heavy atom. The third-order valence-electron chi connectivity index (χ3n) is 5.54. The summed E-state index contributed by atoms with van der Waals surface area (Å²) in [5.74, 6) is -1.38. The number of hydrogen-bond donors (Lipinski definition) is 1. The molecule has 0 spiro atoms. The number of benzene rings is 1. The maximum atomic E-state index is 13.5. The average molecular weight is 534 g/mol. The molecule has 2 rings (SSSR count). The molecule has 7 nitrogen and oxygen atoms in total. The Labute approximate surface area is 216 Å². The van der Waals surface area contributed by atoms with Crippen LogP contribution in [0.4, 0.5) is 13.2 Å². The Bertz CT molecular complexity index is 930. The van der Waals surface area contributed by atoms with Gasteiger partial charge in [-0.2, -0.15) is 13.2 Å². The number of carbonyl (C=O) groups is 3. The highest BCUT2D eigenvalue weighted by Gasteiger charge is 2.36. The molecule has 2 atom stereocenters. The molecule has 0 aromatic heterocycles. The highest BCUT2D eigenvalue weighted by atomic mass is 35.5. The van der Waals surface area contributed by atoms with Crippen LogP contribution in [0.5, 0.6) is 0 Å². The molecule has 1 aliphatic heterocycles. The fourth-order valence-electron chi connectivity index (χ4n) is 3.81. The van der Waals surface area contributed by atoms with E-state index in [0.29, 0.717) is 18.4 Å². The van der Waals surface area contributed by atoms with Gasteiger partial charge < -0.3 is 19.9 Å². The van der Waals surface area contributed by atoms with E-state index in [1.54, 1.807) is 27.8 Å². The fourth-order valence-corrected chi connectivity index (χ4v) is 3.81. The van der Waals surface area contributed by atoms with Gasteiger partial charge in [-0.1, -0.05) is 24.3 Å². The van der Waals surface area contributed by atoms with Crippen molar-refractivity contribution in [3.63, 3.8) is 0 Å². The summed E-state index contributed by atoms with van der Waals surface area (Å²) < 4.78 is 44.3. The molecule has 0 radical (unpaired) electrons. The number of nitrogens with one attached hydrogen (secondary N) is 1. The smallest absolute Gasteiger partial charge is 0.416 e. The zero-order chi connectivity index (χ0) is 26.4. The van der Waals surface area contributed by atoms with Crippen LogP contribution < -0.4 is 5.32 Å². The van der Waals surface area contributed by atoms with Crippen molar-refractivity contribution >= 4 is 30.2 Å². The number of rotatable bonds is 7. The van der Waals surface area contributed by atoms with Crippen molar-refractivity contribution < 1.29 is 32.3 Å². The van der Waals surface area contributed by atoms with E-state index in [-0.39, 0.29) is 37.8 Å². The minimum absolute atomic E-state index is 0. The van der Waals surface area contributed by atoms with Gasteiger partial charge in [-0.25, -0.2) is 0 Å². The first kappa shape index (κ1) is 31.4. The Morgan fingerprint density at radius 2 is 1.78 bits per heavy atom. The number of likely N-dealkylation sites (N-methyl/N-ethyl adjacent to an activating group) is 2. The number of ether oxygens (including phenoxy) is 1.